The highest BCUT2D eigenvalue weighted by Gasteiger charge is 2.16. The number of nitrogens with two attached hydrogens (primary N) is 1. The van der Waals surface area contributed by atoms with E-state index < -0.39 is 5.91 Å². The molecule has 1 saturated heterocycles. The maximum atomic E-state index is 12.5. The Morgan fingerprint density at radius 1 is 0.970 bits per heavy atom. The van der Waals surface area contributed by atoms with Gasteiger partial charge in [0.15, 0.2) is 0 Å². The Balaban J connectivity index is 1.28. The van der Waals surface area contributed by atoms with Crippen LogP contribution in [0.1, 0.15) is 46.0 Å². The fourth-order valence-corrected chi connectivity index (χ4v) is 3.73. The number of hydrogen-bond acceptors (Lipinski definition) is 5. The van der Waals surface area contributed by atoms with Crippen molar-refractivity contribution in [1.82, 2.24) is 10.3 Å². The van der Waals surface area contributed by atoms with Crippen LogP contribution in [0.5, 0.6) is 11.5 Å². The van der Waals surface area contributed by atoms with Crippen LogP contribution in [0.15, 0.2) is 66.9 Å². The van der Waals surface area contributed by atoms with E-state index in [9.17, 15) is 9.59 Å². The van der Waals surface area contributed by atoms with Crippen molar-refractivity contribution in [3.05, 3.63) is 83.6 Å². The summed E-state index contributed by atoms with van der Waals surface area (Å²) in [5.74, 6) is 2.29. The number of aromatic nitrogens is 1. The quantitative estimate of drug-likeness (QED) is 0.571. The van der Waals surface area contributed by atoms with Crippen LogP contribution in [0.25, 0.3) is 0 Å². The molecule has 2 aromatic carbocycles. The first-order valence-electron chi connectivity index (χ1n) is 11.1. The topological polar surface area (TPSA) is 97.5 Å². The number of carbonyl (C=O) groups is 2. The molecule has 0 aliphatic carbocycles. The minimum absolute atomic E-state index is 0.165. The molecule has 1 aliphatic rings. The summed E-state index contributed by atoms with van der Waals surface area (Å²) in [5.41, 5.74) is 7.15. The van der Waals surface area contributed by atoms with Crippen LogP contribution in [-0.4, -0.2) is 29.9 Å². The predicted octanol–water partition coefficient (Wildman–Crippen LogP) is 4.14. The number of hydrogen-bond donors (Lipinski definition) is 2. The largest absolute Gasteiger partial charge is 0.457 e. The van der Waals surface area contributed by atoms with Gasteiger partial charge in [0, 0.05) is 37.0 Å². The third kappa shape index (κ3) is 5.88. The van der Waals surface area contributed by atoms with Gasteiger partial charge >= 0.3 is 0 Å². The van der Waals surface area contributed by atoms with Crippen molar-refractivity contribution in [1.29, 1.82) is 0 Å². The molecule has 7 heteroatoms. The molecule has 33 heavy (non-hydrogen) atoms. The molecule has 3 N–H and O–H groups in total. The van der Waals surface area contributed by atoms with Gasteiger partial charge in [0.2, 0.25) is 5.91 Å². The zero-order valence-corrected chi connectivity index (χ0v) is 18.7. The molecule has 0 radical (unpaired) electrons. The van der Waals surface area contributed by atoms with Crippen molar-refractivity contribution in [3.63, 3.8) is 0 Å². The van der Waals surface area contributed by atoms with E-state index in [1.807, 2.05) is 18.3 Å². The van der Waals surface area contributed by atoms with E-state index >= 15 is 0 Å². The molecule has 0 saturated carbocycles. The van der Waals surface area contributed by atoms with Crippen molar-refractivity contribution in [3.8, 4) is 11.5 Å². The Hall–Kier alpha value is -3.87. The summed E-state index contributed by atoms with van der Waals surface area (Å²) in [4.78, 5) is 30.5. The molecule has 2 heterocycles. The highest BCUT2D eigenvalue weighted by atomic mass is 16.5. The number of amides is 2. The van der Waals surface area contributed by atoms with Gasteiger partial charge in [-0.1, -0.05) is 13.0 Å². The summed E-state index contributed by atoms with van der Waals surface area (Å²) in [6.45, 7) is 4.79. The first-order chi connectivity index (χ1) is 16.0. The number of primary amides is 1. The zero-order chi connectivity index (χ0) is 23.2. The summed E-state index contributed by atoms with van der Waals surface area (Å²) in [5, 5.41) is 2.93. The molecule has 170 valence electrons. The van der Waals surface area contributed by atoms with Gasteiger partial charge in [-0.15, -0.1) is 0 Å². The molecule has 0 unspecified atom stereocenters. The van der Waals surface area contributed by atoms with E-state index in [1.165, 1.54) is 12.8 Å². The molecule has 3 aromatic rings. The van der Waals surface area contributed by atoms with Gasteiger partial charge in [0.05, 0.1) is 0 Å². The van der Waals surface area contributed by atoms with E-state index in [1.54, 1.807) is 48.5 Å². The zero-order valence-electron chi connectivity index (χ0n) is 18.7. The second-order valence-electron chi connectivity index (χ2n) is 8.39. The first-order valence-corrected chi connectivity index (χ1v) is 11.1. The van der Waals surface area contributed by atoms with Gasteiger partial charge in [0.1, 0.15) is 17.3 Å². The Morgan fingerprint density at radius 2 is 1.58 bits per heavy atom. The van der Waals surface area contributed by atoms with E-state index in [4.69, 9.17) is 10.5 Å². The van der Waals surface area contributed by atoms with Gasteiger partial charge in [-0.3, -0.25) is 9.59 Å². The van der Waals surface area contributed by atoms with Crippen molar-refractivity contribution in [2.75, 3.05) is 18.0 Å². The minimum atomic E-state index is -0.486. The molecule has 1 aromatic heterocycles. The smallest absolute Gasteiger partial charge is 0.251 e. The average molecular weight is 445 g/mol. The molecule has 1 fully saturated rings. The Kier molecular flexibility index (Phi) is 6.88. The lowest BCUT2D eigenvalue weighted by molar-refractivity contribution is 0.0949. The second-order valence-corrected chi connectivity index (χ2v) is 8.39. The van der Waals surface area contributed by atoms with Crippen LogP contribution in [0, 0.1) is 5.92 Å². The number of nitrogens with zero attached hydrogens (tertiary/aromatic N) is 2. The van der Waals surface area contributed by atoms with E-state index in [0.29, 0.717) is 29.2 Å². The second kappa shape index (κ2) is 10.2. The number of nitrogens with one attached hydrogen (secondary N) is 1. The third-order valence-electron chi connectivity index (χ3n) is 5.86. The molecule has 7 nitrogen and oxygen atoms in total. The number of anilines is 1. The summed E-state index contributed by atoms with van der Waals surface area (Å²) in [6, 6.07) is 17.5. The molecular formula is C26H28N4O3. The number of pyridine rings is 1. The molecule has 2 amide bonds. The highest BCUT2D eigenvalue weighted by Crippen LogP contribution is 2.23. The summed E-state index contributed by atoms with van der Waals surface area (Å²) in [7, 11) is 0. The third-order valence-corrected chi connectivity index (χ3v) is 5.86. The standard InChI is InChI=1S/C26H28N4O3/c1-18-12-14-30(15-13-18)24-11-2-19(16-28-24)17-29-26(32)21-5-9-23(10-6-21)33-22-7-3-20(4-8-22)25(27)31/h2-11,16,18H,12-15,17H2,1H3,(H2,27,31)(H,29,32). The van der Waals surface area contributed by atoms with Crippen molar-refractivity contribution in [2.24, 2.45) is 11.7 Å². The number of ether oxygens (including phenoxy) is 1. The van der Waals surface area contributed by atoms with Crippen LogP contribution in [0.2, 0.25) is 0 Å². The van der Waals surface area contributed by atoms with E-state index in [-0.39, 0.29) is 5.91 Å². The van der Waals surface area contributed by atoms with Gasteiger partial charge in [-0.05, 0) is 78.9 Å². The molecule has 0 bridgehead atoms. The van der Waals surface area contributed by atoms with E-state index in [2.05, 4.69) is 22.1 Å². The number of benzene rings is 2. The fraction of sp³-hybridized carbons (Fsp3) is 0.269. The minimum Gasteiger partial charge on any atom is -0.457 e. The Morgan fingerprint density at radius 3 is 2.12 bits per heavy atom. The average Bonchev–Trinajstić information content (AvgIpc) is 2.84. The maximum Gasteiger partial charge on any atom is 0.251 e. The Labute approximate surface area is 193 Å². The molecule has 0 atom stereocenters. The lowest BCUT2D eigenvalue weighted by Gasteiger charge is -2.31. The molecule has 1 aliphatic heterocycles. The number of carbonyl (C=O) groups excluding carboxylic acids is 2. The number of piperidine rings is 1. The molecular weight excluding hydrogens is 416 g/mol. The Bertz CT molecular complexity index is 1090. The van der Waals surface area contributed by atoms with Crippen LogP contribution in [0.3, 0.4) is 0 Å². The fourth-order valence-electron chi connectivity index (χ4n) is 3.73. The van der Waals surface area contributed by atoms with Crippen molar-refractivity contribution < 1.29 is 14.3 Å². The molecule has 0 spiro atoms. The van der Waals surface area contributed by atoms with Crippen LogP contribution in [0.4, 0.5) is 5.82 Å². The predicted molar refractivity (Wildman–Crippen MR) is 127 cm³/mol. The van der Waals surface area contributed by atoms with Gasteiger partial charge in [-0.2, -0.15) is 0 Å². The van der Waals surface area contributed by atoms with Gasteiger partial charge in [-0.25, -0.2) is 4.98 Å². The number of rotatable bonds is 7. The highest BCUT2D eigenvalue weighted by molar-refractivity contribution is 5.94. The summed E-state index contributed by atoms with van der Waals surface area (Å²) in [6.07, 6.45) is 4.23. The van der Waals surface area contributed by atoms with Crippen molar-refractivity contribution in [2.45, 2.75) is 26.3 Å². The summed E-state index contributed by atoms with van der Waals surface area (Å²) >= 11 is 0. The van der Waals surface area contributed by atoms with Crippen LogP contribution < -0.4 is 20.7 Å². The normalized spacial score (nSPS) is 14.0. The van der Waals surface area contributed by atoms with Gasteiger partial charge in [0.25, 0.3) is 5.91 Å². The monoisotopic (exact) mass is 444 g/mol. The maximum absolute atomic E-state index is 12.5. The van der Waals surface area contributed by atoms with Crippen LogP contribution >= 0.6 is 0 Å². The van der Waals surface area contributed by atoms with Crippen molar-refractivity contribution >= 4 is 17.6 Å². The first kappa shape index (κ1) is 22.3. The van der Waals surface area contributed by atoms with E-state index in [0.717, 1.165) is 30.4 Å². The lowest BCUT2D eigenvalue weighted by Crippen LogP contribution is -2.33. The van der Waals surface area contributed by atoms with Crippen LogP contribution in [-0.2, 0) is 6.54 Å². The lowest BCUT2D eigenvalue weighted by atomic mass is 9.99. The van der Waals surface area contributed by atoms with Gasteiger partial charge < -0.3 is 20.7 Å². The molecule has 4 rings (SSSR count). The SMILES string of the molecule is CC1CCN(c2ccc(CNC(=O)c3ccc(Oc4ccc(C(N)=O)cc4)cc3)cn2)CC1. The summed E-state index contributed by atoms with van der Waals surface area (Å²) < 4.78 is 5.75.